The van der Waals surface area contributed by atoms with Gasteiger partial charge in [0.2, 0.25) is 11.8 Å². The molecule has 0 N–H and O–H groups in total. The van der Waals surface area contributed by atoms with E-state index in [0.717, 1.165) is 43.9 Å². The van der Waals surface area contributed by atoms with Gasteiger partial charge in [0.25, 0.3) is 5.69 Å². The monoisotopic (exact) mass is 330 g/mol. The molecule has 0 amide bonds. The summed E-state index contributed by atoms with van der Waals surface area (Å²) in [5, 5.41) is 19.2. The molecule has 0 bridgehead atoms. The van der Waals surface area contributed by atoms with Crippen molar-refractivity contribution in [2.24, 2.45) is 0 Å². The molecule has 0 spiro atoms. The lowest BCUT2D eigenvalue weighted by atomic mass is 9.96. The van der Waals surface area contributed by atoms with Crippen LogP contribution in [0.4, 0.5) is 5.69 Å². The van der Waals surface area contributed by atoms with E-state index in [1.54, 1.807) is 12.1 Å². The highest BCUT2D eigenvalue weighted by Gasteiger charge is 2.25. The lowest BCUT2D eigenvalue weighted by molar-refractivity contribution is -0.384. The van der Waals surface area contributed by atoms with Crippen LogP contribution in [0.2, 0.25) is 0 Å². The number of nitro benzene ring substituents is 1. The number of benzene rings is 1. The van der Waals surface area contributed by atoms with Crippen LogP contribution in [0, 0.1) is 10.1 Å². The van der Waals surface area contributed by atoms with Crippen LogP contribution in [0.25, 0.3) is 0 Å². The maximum absolute atomic E-state index is 10.9. The Morgan fingerprint density at radius 1 is 1.33 bits per heavy atom. The van der Waals surface area contributed by atoms with Crippen LogP contribution < -0.4 is 0 Å². The second kappa shape index (κ2) is 7.09. The van der Waals surface area contributed by atoms with Crippen LogP contribution in [0.3, 0.4) is 0 Å². The van der Waals surface area contributed by atoms with E-state index in [2.05, 4.69) is 15.1 Å². The molecule has 1 aromatic carbocycles. The Balaban J connectivity index is 1.57. The highest BCUT2D eigenvalue weighted by molar-refractivity contribution is 5.34. The van der Waals surface area contributed by atoms with Crippen LogP contribution in [-0.2, 0) is 6.54 Å². The van der Waals surface area contributed by atoms with Crippen molar-refractivity contribution in [2.45, 2.75) is 45.1 Å². The largest absolute Gasteiger partial charge is 0.425 e. The first-order chi connectivity index (χ1) is 11.5. The highest BCUT2D eigenvalue weighted by atomic mass is 16.6. The van der Waals surface area contributed by atoms with Gasteiger partial charge in [-0.1, -0.05) is 26.0 Å². The quantitative estimate of drug-likeness (QED) is 0.616. The average Bonchev–Trinajstić information content (AvgIpc) is 3.06. The summed E-state index contributed by atoms with van der Waals surface area (Å²) in [7, 11) is 0. The lowest BCUT2D eigenvalue weighted by Gasteiger charge is -2.30. The Morgan fingerprint density at radius 2 is 2.08 bits per heavy atom. The van der Waals surface area contributed by atoms with Crippen molar-refractivity contribution in [1.29, 1.82) is 0 Å². The van der Waals surface area contributed by atoms with E-state index in [1.165, 1.54) is 6.07 Å². The Hall–Kier alpha value is -2.28. The zero-order chi connectivity index (χ0) is 17.1. The molecular formula is C17H22N4O3. The fraction of sp³-hybridized carbons (Fsp3) is 0.529. The number of nitrogens with zero attached hydrogens (tertiary/aromatic N) is 4. The Labute approximate surface area is 140 Å². The number of rotatable bonds is 5. The molecule has 2 aromatic rings. The van der Waals surface area contributed by atoms with Crippen molar-refractivity contribution in [3.63, 3.8) is 0 Å². The third-order valence-corrected chi connectivity index (χ3v) is 4.41. The maximum Gasteiger partial charge on any atom is 0.269 e. The van der Waals surface area contributed by atoms with Crippen LogP contribution >= 0.6 is 0 Å². The predicted molar refractivity (Wildman–Crippen MR) is 88.7 cm³/mol. The minimum Gasteiger partial charge on any atom is -0.425 e. The topological polar surface area (TPSA) is 85.3 Å². The van der Waals surface area contributed by atoms with Gasteiger partial charge in [0, 0.05) is 30.5 Å². The molecule has 7 nitrogen and oxygen atoms in total. The van der Waals surface area contributed by atoms with Gasteiger partial charge < -0.3 is 4.42 Å². The molecule has 0 saturated carbocycles. The van der Waals surface area contributed by atoms with Gasteiger partial charge in [0.1, 0.15) is 0 Å². The van der Waals surface area contributed by atoms with E-state index in [0.29, 0.717) is 11.8 Å². The molecule has 1 aliphatic heterocycles. The van der Waals surface area contributed by atoms with E-state index >= 15 is 0 Å². The molecule has 1 aliphatic rings. The summed E-state index contributed by atoms with van der Waals surface area (Å²) in [6, 6.07) is 6.86. The maximum atomic E-state index is 10.9. The third kappa shape index (κ3) is 3.79. The predicted octanol–water partition coefficient (Wildman–Crippen LogP) is 3.48. The van der Waals surface area contributed by atoms with Crippen LogP contribution in [0.1, 0.15) is 55.9 Å². The fourth-order valence-electron chi connectivity index (χ4n) is 3.01. The van der Waals surface area contributed by atoms with Crippen molar-refractivity contribution in [3.05, 3.63) is 51.7 Å². The molecule has 1 saturated heterocycles. The minimum atomic E-state index is -0.350. The summed E-state index contributed by atoms with van der Waals surface area (Å²) in [6.07, 6.45) is 1.93. The van der Waals surface area contributed by atoms with E-state index in [-0.39, 0.29) is 16.5 Å². The number of piperidine rings is 1. The SMILES string of the molecule is CC(C)c1nnc(C2CCN(Cc3cccc([N+](=O)[O-])c3)CC2)o1. The summed E-state index contributed by atoms with van der Waals surface area (Å²) in [6.45, 7) is 6.66. The molecule has 2 heterocycles. The van der Waals surface area contributed by atoms with Crippen molar-refractivity contribution in [1.82, 2.24) is 15.1 Å². The first-order valence-corrected chi connectivity index (χ1v) is 8.32. The molecular weight excluding hydrogens is 308 g/mol. The first kappa shape index (κ1) is 16.6. The van der Waals surface area contributed by atoms with Gasteiger partial charge in [-0.25, -0.2) is 0 Å². The molecule has 0 aliphatic carbocycles. The number of hydrogen-bond acceptors (Lipinski definition) is 6. The van der Waals surface area contributed by atoms with Crippen molar-refractivity contribution in [3.8, 4) is 0 Å². The lowest BCUT2D eigenvalue weighted by Crippen LogP contribution is -2.32. The number of hydrogen-bond donors (Lipinski definition) is 0. The van der Waals surface area contributed by atoms with E-state index in [9.17, 15) is 10.1 Å². The molecule has 128 valence electrons. The molecule has 0 radical (unpaired) electrons. The van der Waals surface area contributed by atoms with Gasteiger partial charge in [-0.15, -0.1) is 10.2 Å². The Kier molecular flexibility index (Phi) is 4.89. The summed E-state index contributed by atoms with van der Waals surface area (Å²) in [4.78, 5) is 12.8. The molecule has 7 heteroatoms. The van der Waals surface area contributed by atoms with E-state index in [1.807, 2.05) is 19.9 Å². The normalized spacial score (nSPS) is 16.6. The zero-order valence-corrected chi connectivity index (χ0v) is 14.0. The highest BCUT2D eigenvalue weighted by Crippen LogP contribution is 2.29. The average molecular weight is 330 g/mol. The van der Waals surface area contributed by atoms with Crippen molar-refractivity contribution < 1.29 is 9.34 Å². The van der Waals surface area contributed by atoms with Crippen LogP contribution in [-0.4, -0.2) is 33.1 Å². The second-order valence-electron chi connectivity index (χ2n) is 6.61. The van der Waals surface area contributed by atoms with E-state index < -0.39 is 0 Å². The molecule has 24 heavy (non-hydrogen) atoms. The third-order valence-electron chi connectivity index (χ3n) is 4.41. The van der Waals surface area contributed by atoms with Gasteiger partial charge in [-0.3, -0.25) is 15.0 Å². The minimum absolute atomic E-state index is 0.148. The van der Waals surface area contributed by atoms with Crippen LogP contribution in [0.5, 0.6) is 0 Å². The number of nitro groups is 1. The number of non-ortho nitro benzene ring substituents is 1. The van der Waals surface area contributed by atoms with E-state index in [4.69, 9.17) is 4.42 Å². The molecule has 0 unspecified atom stereocenters. The summed E-state index contributed by atoms with van der Waals surface area (Å²) in [5.74, 6) is 2.00. The molecule has 3 rings (SSSR count). The summed E-state index contributed by atoms with van der Waals surface area (Å²) in [5.41, 5.74) is 1.12. The van der Waals surface area contributed by atoms with Crippen LogP contribution in [0.15, 0.2) is 28.7 Å². The number of likely N-dealkylation sites (tertiary alicyclic amines) is 1. The summed E-state index contributed by atoms with van der Waals surface area (Å²) < 4.78 is 5.76. The molecule has 1 aromatic heterocycles. The fourth-order valence-corrected chi connectivity index (χ4v) is 3.01. The zero-order valence-electron chi connectivity index (χ0n) is 14.0. The van der Waals surface area contributed by atoms with Crippen molar-refractivity contribution >= 4 is 5.69 Å². The first-order valence-electron chi connectivity index (χ1n) is 8.32. The summed E-state index contributed by atoms with van der Waals surface area (Å²) >= 11 is 0. The number of aromatic nitrogens is 2. The van der Waals surface area contributed by atoms with Crippen molar-refractivity contribution in [2.75, 3.05) is 13.1 Å². The molecule has 1 fully saturated rings. The van der Waals surface area contributed by atoms with Gasteiger partial charge in [-0.05, 0) is 31.5 Å². The second-order valence-corrected chi connectivity index (χ2v) is 6.61. The Bertz CT molecular complexity index is 705. The van der Waals surface area contributed by atoms with Gasteiger partial charge in [0.15, 0.2) is 0 Å². The van der Waals surface area contributed by atoms with Gasteiger partial charge in [0.05, 0.1) is 4.92 Å². The van der Waals surface area contributed by atoms with Gasteiger partial charge >= 0.3 is 0 Å². The molecule has 0 atom stereocenters. The Morgan fingerprint density at radius 3 is 2.71 bits per heavy atom. The van der Waals surface area contributed by atoms with Gasteiger partial charge in [-0.2, -0.15) is 0 Å². The standard InChI is InChI=1S/C17H22N4O3/c1-12(2)16-18-19-17(24-16)14-6-8-20(9-7-14)11-13-4-3-5-15(10-13)21(22)23/h3-5,10,12,14H,6-9,11H2,1-2H3. The smallest absolute Gasteiger partial charge is 0.269 e.